The van der Waals surface area contributed by atoms with E-state index in [0.29, 0.717) is 22.1 Å². The molecule has 0 aliphatic carbocycles. The summed E-state index contributed by atoms with van der Waals surface area (Å²) in [6.45, 7) is 0. The van der Waals surface area contributed by atoms with Gasteiger partial charge in [0.15, 0.2) is 0 Å². The molecule has 96 valence electrons. The molecule has 4 heteroatoms. The van der Waals surface area contributed by atoms with Crippen LogP contribution in [0.5, 0.6) is 5.75 Å². The molecular formula is C14H15Cl2NO. The first-order chi connectivity index (χ1) is 8.63. The van der Waals surface area contributed by atoms with Crippen molar-refractivity contribution in [1.29, 1.82) is 0 Å². The van der Waals surface area contributed by atoms with Crippen molar-refractivity contribution in [1.82, 2.24) is 4.90 Å². The molecule has 2 aliphatic rings. The average molecular weight is 284 g/mol. The Kier molecular flexibility index (Phi) is 3.27. The molecule has 0 radical (unpaired) electrons. The Bertz CT molecular complexity index is 473. The van der Waals surface area contributed by atoms with Gasteiger partial charge in [-0.3, -0.25) is 4.90 Å². The van der Waals surface area contributed by atoms with Gasteiger partial charge in [0, 0.05) is 31.0 Å². The van der Waals surface area contributed by atoms with Crippen molar-refractivity contribution in [3.63, 3.8) is 0 Å². The number of nitrogens with zero attached hydrogens (tertiary/aromatic N) is 1. The van der Waals surface area contributed by atoms with Crippen molar-refractivity contribution in [2.24, 2.45) is 0 Å². The normalized spacial score (nSPS) is 30.7. The van der Waals surface area contributed by atoms with Crippen molar-refractivity contribution in [2.75, 3.05) is 7.05 Å². The molecule has 18 heavy (non-hydrogen) atoms. The fourth-order valence-corrected chi connectivity index (χ4v) is 3.03. The summed E-state index contributed by atoms with van der Waals surface area (Å²) in [6.07, 6.45) is 6.88. The summed E-state index contributed by atoms with van der Waals surface area (Å²) < 4.78 is 6.01. The van der Waals surface area contributed by atoms with Crippen molar-refractivity contribution in [3.8, 4) is 5.75 Å². The third kappa shape index (κ3) is 2.25. The van der Waals surface area contributed by atoms with Crippen LogP contribution in [0.15, 0.2) is 30.4 Å². The predicted molar refractivity (Wildman–Crippen MR) is 74.6 cm³/mol. The molecule has 2 nitrogen and oxygen atoms in total. The minimum Gasteiger partial charge on any atom is -0.490 e. The molecule has 1 aromatic rings. The predicted octanol–water partition coefficient (Wildman–Crippen LogP) is 3.77. The Hall–Kier alpha value is -0.700. The highest BCUT2D eigenvalue weighted by Gasteiger charge is 2.35. The minimum absolute atomic E-state index is 0.253. The molecule has 0 spiro atoms. The second kappa shape index (κ2) is 4.76. The summed E-state index contributed by atoms with van der Waals surface area (Å²) in [7, 11) is 2.17. The second-order valence-corrected chi connectivity index (χ2v) is 5.79. The first kappa shape index (κ1) is 12.3. The van der Waals surface area contributed by atoms with Crippen LogP contribution in [0.1, 0.15) is 12.8 Å². The Morgan fingerprint density at radius 3 is 2.39 bits per heavy atom. The van der Waals surface area contributed by atoms with E-state index in [4.69, 9.17) is 27.9 Å². The molecule has 1 saturated heterocycles. The number of piperidine rings is 1. The molecule has 2 atom stereocenters. The zero-order valence-electron chi connectivity index (χ0n) is 10.1. The van der Waals surface area contributed by atoms with E-state index in [-0.39, 0.29) is 6.10 Å². The third-order valence-electron chi connectivity index (χ3n) is 3.80. The Morgan fingerprint density at radius 2 is 1.78 bits per heavy atom. The van der Waals surface area contributed by atoms with Gasteiger partial charge in [0.25, 0.3) is 0 Å². The van der Waals surface area contributed by atoms with Crippen LogP contribution in [0.4, 0.5) is 0 Å². The molecular weight excluding hydrogens is 269 g/mol. The second-order valence-electron chi connectivity index (χ2n) is 4.97. The zero-order valence-corrected chi connectivity index (χ0v) is 11.7. The van der Waals surface area contributed by atoms with Crippen LogP contribution in [0.3, 0.4) is 0 Å². The van der Waals surface area contributed by atoms with Gasteiger partial charge in [-0.05, 0) is 19.2 Å². The van der Waals surface area contributed by atoms with Gasteiger partial charge >= 0.3 is 0 Å². The number of ether oxygens (including phenoxy) is 1. The summed E-state index contributed by atoms with van der Waals surface area (Å²) in [5, 5.41) is 1.11. The highest BCUT2D eigenvalue weighted by Crippen LogP contribution is 2.33. The molecule has 2 bridgehead atoms. The van der Waals surface area contributed by atoms with Crippen molar-refractivity contribution >= 4 is 23.2 Å². The first-order valence-electron chi connectivity index (χ1n) is 6.15. The zero-order chi connectivity index (χ0) is 12.7. The monoisotopic (exact) mass is 283 g/mol. The molecule has 2 heterocycles. The number of likely N-dealkylation sites (N-methyl/N-ethyl adjacent to an activating group) is 1. The lowest BCUT2D eigenvalue weighted by Gasteiger charge is -2.36. The minimum atomic E-state index is 0.253. The van der Waals surface area contributed by atoms with Crippen molar-refractivity contribution in [2.45, 2.75) is 31.0 Å². The molecule has 0 N–H and O–H groups in total. The fraction of sp³-hybridized carbons (Fsp3) is 0.429. The van der Waals surface area contributed by atoms with Gasteiger partial charge in [-0.15, -0.1) is 0 Å². The van der Waals surface area contributed by atoms with Gasteiger partial charge in [-0.1, -0.05) is 35.4 Å². The molecule has 3 rings (SSSR count). The molecule has 1 fully saturated rings. The van der Waals surface area contributed by atoms with E-state index in [1.165, 1.54) is 0 Å². The Labute approximate surface area is 117 Å². The lowest BCUT2D eigenvalue weighted by molar-refractivity contribution is 0.0752. The standard InChI is InChI=1S/C14H15Cl2NO/c1-17-9-2-3-10(17)7-12(6-9)18-11-4-5-13(15)14(16)8-11/h2-5,8-10,12H,6-7H2,1H3. The number of hydrogen-bond acceptors (Lipinski definition) is 2. The van der Waals surface area contributed by atoms with E-state index in [2.05, 4.69) is 24.1 Å². The van der Waals surface area contributed by atoms with Crippen LogP contribution in [-0.4, -0.2) is 30.1 Å². The summed E-state index contributed by atoms with van der Waals surface area (Å²) >= 11 is 11.9. The quantitative estimate of drug-likeness (QED) is 0.766. The van der Waals surface area contributed by atoms with E-state index in [9.17, 15) is 0 Å². The molecule has 0 saturated carbocycles. The van der Waals surface area contributed by atoms with Crippen molar-refractivity contribution < 1.29 is 4.74 Å². The van der Waals surface area contributed by atoms with Crippen molar-refractivity contribution in [3.05, 3.63) is 40.4 Å². The number of halogens is 2. The van der Waals surface area contributed by atoms with Gasteiger partial charge in [-0.25, -0.2) is 0 Å². The van der Waals surface area contributed by atoms with Gasteiger partial charge in [0.2, 0.25) is 0 Å². The summed E-state index contributed by atoms with van der Waals surface area (Å²) in [4.78, 5) is 2.40. The summed E-state index contributed by atoms with van der Waals surface area (Å²) in [6, 6.07) is 6.47. The highest BCUT2D eigenvalue weighted by atomic mass is 35.5. The van der Waals surface area contributed by atoms with E-state index < -0.39 is 0 Å². The van der Waals surface area contributed by atoms with Gasteiger partial charge in [0.1, 0.15) is 11.9 Å². The maximum atomic E-state index is 6.01. The van der Waals surface area contributed by atoms with E-state index in [0.717, 1.165) is 18.6 Å². The maximum absolute atomic E-state index is 6.01. The molecule has 2 aliphatic heterocycles. The summed E-state index contributed by atoms with van der Waals surface area (Å²) in [5.74, 6) is 0.804. The van der Waals surface area contributed by atoms with E-state index in [1.54, 1.807) is 12.1 Å². The lowest BCUT2D eigenvalue weighted by atomic mass is 9.99. The Balaban J connectivity index is 1.69. The molecule has 0 aromatic heterocycles. The number of rotatable bonds is 2. The smallest absolute Gasteiger partial charge is 0.121 e. The van der Waals surface area contributed by atoms with Gasteiger partial charge < -0.3 is 4.74 Å². The van der Waals surface area contributed by atoms with E-state index >= 15 is 0 Å². The van der Waals surface area contributed by atoms with E-state index in [1.807, 2.05) is 6.07 Å². The highest BCUT2D eigenvalue weighted by molar-refractivity contribution is 6.42. The fourth-order valence-electron chi connectivity index (χ4n) is 2.74. The topological polar surface area (TPSA) is 12.5 Å². The van der Waals surface area contributed by atoms with Gasteiger partial charge in [0.05, 0.1) is 10.0 Å². The third-order valence-corrected chi connectivity index (χ3v) is 4.54. The SMILES string of the molecule is CN1C2C=CC1CC(Oc1ccc(Cl)c(Cl)c1)C2. The molecule has 1 aromatic carbocycles. The first-order valence-corrected chi connectivity index (χ1v) is 6.91. The van der Waals surface area contributed by atoms with Gasteiger partial charge in [-0.2, -0.15) is 0 Å². The van der Waals surface area contributed by atoms with Crippen LogP contribution in [0.2, 0.25) is 10.0 Å². The number of fused-ring (bicyclic) bond motifs is 2. The van der Waals surface area contributed by atoms with Crippen LogP contribution in [0.25, 0.3) is 0 Å². The summed E-state index contributed by atoms with van der Waals surface area (Å²) in [5.41, 5.74) is 0. The van der Waals surface area contributed by atoms with Crippen LogP contribution in [0, 0.1) is 0 Å². The molecule has 2 unspecified atom stereocenters. The van der Waals surface area contributed by atoms with Crippen LogP contribution in [-0.2, 0) is 0 Å². The average Bonchev–Trinajstić information content (AvgIpc) is 2.58. The van der Waals surface area contributed by atoms with Crippen LogP contribution >= 0.6 is 23.2 Å². The lowest BCUT2D eigenvalue weighted by Crippen LogP contribution is -2.44. The Morgan fingerprint density at radius 1 is 1.11 bits per heavy atom. The maximum Gasteiger partial charge on any atom is 0.121 e. The number of benzene rings is 1. The largest absolute Gasteiger partial charge is 0.490 e. The van der Waals surface area contributed by atoms with Crippen LogP contribution < -0.4 is 4.74 Å². The molecule has 0 amide bonds. The number of hydrogen-bond donors (Lipinski definition) is 0.